The third kappa shape index (κ3) is 2.56. The third-order valence-corrected chi connectivity index (χ3v) is 5.41. The van der Waals surface area contributed by atoms with Crippen LogP contribution in [0.15, 0.2) is 30.3 Å². The molecule has 0 amide bonds. The first kappa shape index (κ1) is 13.9. The molecule has 1 heterocycles. The molecule has 1 aliphatic carbocycles. The Morgan fingerprint density at radius 2 is 1.95 bits per heavy atom. The number of nitrogens with one attached hydrogen (secondary N) is 1. The molecule has 2 aliphatic rings. The second kappa shape index (κ2) is 4.73. The summed E-state index contributed by atoms with van der Waals surface area (Å²) in [6.07, 6.45) is 2.67. The van der Waals surface area contributed by atoms with Gasteiger partial charge >= 0.3 is 0 Å². The van der Waals surface area contributed by atoms with Crippen LogP contribution < -0.4 is 5.32 Å². The molecule has 1 saturated heterocycles. The van der Waals surface area contributed by atoms with Crippen LogP contribution in [-0.4, -0.2) is 23.1 Å². The topological polar surface area (TPSA) is 15.3 Å². The van der Waals surface area contributed by atoms with Gasteiger partial charge in [-0.3, -0.25) is 0 Å². The van der Waals surface area contributed by atoms with Crippen molar-refractivity contribution in [1.29, 1.82) is 0 Å². The average molecular weight is 288 g/mol. The number of fused-ring (bicyclic) bond motifs is 2. The Labute approximate surface area is 127 Å². The zero-order valence-electron chi connectivity index (χ0n) is 12.6. The Morgan fingerprint density at radius 1 is 1.25 bits per heavy atom. The quantitative estimate of drug-likeness (QED) is 0.782. The smallest absolute Gasteiger partial charge is 0.173 e. The van der Waals surface area contributed by atoms with Crippen molar-refractivity contribution in [3.05, 3.63) is 30.3 Å². The maximum Gasteiger partial charge on any atom is 0.173 e. The minimum atomic E-state index is 0.425. The van der Waals surface area contributed by atoms with Crippen LogP contribution in [0.5, 0.6) is 0 Å². The fourth-order valence-corrected chi connectivity index (χ4v) is 4.55. The van der Waals surface area contributed by atoms with Gasteiger partial charge in [-0.15, -0.1) is 0 Å². The minimum Gasteiger partial charge on any atom is -0.348 e. The molecule has 2 atom stereocenters. The third-order valence-electron chi connectivity index (χ3n) is 5.05. The van der Waals surface area contributed by atoms with Gasteiger partial charge in [-0.2, -0.15) is 0 Å². The second-order valence-electron chi connectivity index (χ2n) is 7.55. The summed E-state index contributed by atoms with van der Waals surface area (Å²) in [5.41, 5.74) is 1.96. The van der Waals surface area contributed by atoms with Crippen LogP contribution in [0.3, 0.4) is 0 Å². The summed E-state index contributed by atoms with van der Waals surface area (Å²) >= 11 is 5.63. The Bertz CT molecular complexity index is 511. The fraction of sp³-hybridized carbons (Fsp3) is 0.588. The number of likely N-dealkylation sites (tertiary alicyclic amines) is 1. The van der Waals surface area contributed by atoms with Crippen LogP contribution in [0.4, 0.5) is 5.69 Å². The normalized spacial score (nSPS) is 31.1. The van der Waals surface area contributed by atoms with E-state index in [1.54, 1.807) is 0 Å². The lowest BCUT2D eigenvalue weighted by Crippen LogP contribution is -2.47. The largest absolute Gasteiger partial charge is 0.348 e. The second-order valence-corrected chi connectivity index (χ2v) is 7.94. The molecule has 2 nitrogen and oxygen atoms in total. The van der Waals surface area contributed by atoms with E-state index in [2.05, 4.69) is 43.1 Å². The molecular weight excluding hydrogens is 264 g/mol. The van der Waals surface area contributed by atoms with Gasteiger partial charge in [0, 0.05) is 18.8 Å². The van der Waals surface area contributed by atoms with E-state index in [9.17, 15) is 0 Å². The molecule has 3 heteroatoms. The summed E-state index contributed by atoms with van der Waals surface area (Å²) in [5, 5.41) is 4.26. The summed E-state index contributed by atoms with van der Waals surface area (Å²) in [4.78, 5) is 2.38. The Balaban J connectivity index is 1.72. The maximum atomic E-state index is 5.63. The van der Waals surface area contributed by atoms with Crippen LogP contribution in [0.2, 0.25) is 0 Å². The lowest BCUT2D eigenvalue weighted by Gasteiger charge is -2.40. The maximum absolute atomic E-state index is 5.63. The standard InChI is InChI=1S/C17H24N2S/c1-16(2)11-17(3)9-13(16)10-19(12-17)15(20)18-14-7-5-4-6-8-14/h4-8,13H,9-12H2,1-3H3,(H,18,20). The van der Waals surface area contributed by atoms with Crippen LogP contribution >= 0.6 is 12.2 Å². The van der Waals surface area contributed by atoms with Crippen LogP contribution in [0.25, 0.3) is 0 Å². The van der Waals surface area contributed by atoms with Crippen molar-refractivity contribution in [3.8, 4) is 0 Å². The Hall–Kier alpha value is -1.09. The number of hydrogen-bond acceptors (Lipinski definition) is 1. The van der Waals surface area contributed by atoms with Crippen LogP contribution in [-0.2, 0) is 0 Å². The lowest BCUT2D eigenvalue weighted by molar-refractivity contribution is 0.162. The van der Waals surface area contributed by atoms with Gasteiger partial charge in [-0.1, -0.05) is 39.0 Å². The zero-order chi connectivity index (χ0) is 14.4. The number of rotatable bonds is 1. The van der Waals surface area contributed by atoms with E-state index in [0.717, 1.165) is 29.8 Å². The molecule has 20 heavy (non-hydrogen) atoms. The summed E-state index contributed by atoms with van der Waals surface area (Å²) in [5.74, 6) is 0.761. The van der Waals surface area contributed by atoms with Crippen molar-refractivity contribution in [2.75, 3.05) is 18.4 Å². The highest BCUT2D eigenvalue weighted by molar-refractivity contribution is 7.80. The average Bonchev–Trinajstić information content (AvgIpc) is 2.54. The molecule has 3 rings (SSSR count). The molecule has 1 aromatic carbocycles. The molecule has 2 bridgehead atoms. The van der Waals surface area contributed by atoms with Gasteiger partial charge in [0.2, 0.25) is 0 Å². The first-order valence-corrected chi connectivity index (χ1v) is 7.90. The SMILES string of the molecule is CC12CC(CN(C(=S)Nc3ccccc3)C1)C(C)(C)C2. The molecule has 0 radical (unpaired) electrons. The molecule has 1 N–H and O–H groups in total. The predicted molar refractivity (Wildman–Crippen MR) is 88.8 cm³/mol. The molecule has 1 saturated carbocycles. The highest BCUT2D eigenvalue weighted by Crippen LogP contribution is 2.55. The number of benzene rings is 1. The summed E-state index contributed by atoms with van der Waals surface area (Å²) in [6.45, 7) is 9.44. The molecule has 1 aromatic rings. The van der Waals surface area contributed by atoms with Gasteiger partial charge < -0.3 is 10.2 Å². The van der Waals surface area contributed by atoms with E-state index in [1.807, 2.05) is 18.2 Å². The van der Waals surface area contributed by atoms with Crippen molar-refractivity contribution in [2.24, 2.45) is 16.7 Å². The zero-order valence-corrected chi connectivity index (χ0v) is 13.5. The van der Waals surface area contributed by atoms with E-state index in [-0.39, 0.29) is 0 Å². The van der Waals surface area contributed by atoms with Crippen LogP contribution in [0, 0.1) is 16.7 Å². The van der Waals surface area contributed by atoms with E-state index < -0.39 is 0 Å². The molecule has 0 spiro atoms. The molecule has 2 fully saturated rings. The monoisotopic (exact) mass is 288 g/mol. The first-order valence-electron chi connectivity index (χ1n) is 7.49. The molecule has 2 unspecified atom stereocenters. The molecular formula is C17H24N2S. The first-order chi connectivity index (χ1) is 9.38. The number of anilines is 1. The molecule has 0 aromatic heterocycles. The molecule has 108 valence electrons. The van der Waals surface area contributed by atoms with E-state index in [1.165, 1.54) is 12.8 Å². The highest BCUT2D eigenvalue weighted by atomic mass is 32.1. The van der Waals surface area contributed by atoms with Crippen molar-refractivity contribution in [2.45, 2.75) is 33.6 Å². The van der Waals surface area contributed by atoms with E-state index >= 15 is 0 Å². The van der Waals surface area contributed by atoms with Gasteiger partial charge in [-0.05, 0) is 53.9 Å². The van der Waals surface area contributed by atoms with Gasteiger partial charge in [0.15, 0.2) is 5.11 Å². The van der Waals surface area contributed by atoms with E-state index in [4.69, 9.17) is 12.2 Å². The van der Waals surface area contributed by atoms with Gasteiger partial charge in [0.25, 0.3) is 0 Å². The number of para-hydroxylation sites is 1. The van der Waals surface area contributed by atoms with Crippen molar-refractivity contribution in [1.82, 2.24) is 4.90 Å². The van der Waals surface area contributed by atoms with Crippen LogP contribution in [0.1, 0.15) is 33.6 Å². The number of hydrogen-bond donors (Lipinski definition) is 1. The van der Waals surface area contributed by atoms with Gasteiger partial charge in [-0.25, -0.2) is 0 Å². The van der Waals surface area contributed by atoms with Gasteiger partial charge in [0.05, 0.1) is 0 Å². The molecule has 1 aliphatic heterocycles. The number of thiocarbonyl (C=S) groups is 1. The van der Waals surface area contributed by atoms with Gasteiger partial charge in [0.1, 0.15) is 0 Å². The van der Waals surface area contributed by atoms with Crippen molar-refractivity contribution >= 4 is 23.0 Å². The lowest BCUT2D eigenvalue weighted by atomic mass is 9.82. The summed E-state index contributed by atoms with van der Waals surface area (Å²) < 4.78 is 0. The summed E-state index contributed by atoms with van der Waals surface area (Å²) in [7, 11) is 0. The van der Waals surface area contributed by atoms with E-state index in [0.29, 0.717) is 10.8 Å². The number of piperidine rings is 1. The minimum absolute atomic E-state index is 0.425. The van der Waals surface area contributed by atoms with Crippen molar-refractivity contribution < 1.29 is 0 Å². The highest BCUT2D eigenvalue weighted by Gasteiger charge is 2.51. The summed E-state index contributed by atoms with van der Waals surface area (Å²) in [6, 6.07) is 10.2. The predicted octanol–water partition coefficient (Wildman–Crippen LogP) is 4.14. The Kier molecular flexibility index (Phi) is 3.28. The number of nitrogens with zero attached hydrogens (tertiary/aromatic N) is 1. The Morgan fingerprint density at radius 3 is 2.60 bits per heavy atom. The van der Waals surface area contributed by atoms with Crippen molar-refractivity contribution in [3.63, 3.8) is 0 Å². The fourth-order valence-electron chi connectivity index (χ4n) is 4.29.